The van der Waals surface area contributed by atoms with Crippen molar-refractivity contribution in [3.05, 3.63) is 42.0 Å². The molecule has 0 bridgehead atoms. The third-order valence-electron chi connectivity index (χ3n) is 1.89. The van der Waals surface area contributed by atoms with Gasteiger partial charge in [-0.1, -0.05) is 31.7 Å². The molecular formula is C11H10F3O. The Morgan fingerprint density at radius 1 is 1.40 bits per heavy atom. The molecule has 1 radical (unpaired) electrons. The van der Waals surface area contributed by atoms with Crippen LogP contribution >= 0.6 is 0 Å². The molecule has 1 aromatic rings. The summed E-state index contributed by atoms with van der Waals surface area (Å²) < 4.78 is 40.3. The second-order valence-electron chi connectivity index (χ2n) is 2.87. The third kappa shape index (κ3) is 3.01. The Morgan fingerprint density at radius 3 is 2.53 bits per heavy atom. The van der Waals surface area contributed by atoms with Crippen LogP contribution in [0.1, 0.15) is 18.1 Å². The zero-order valence-electron chi connectivity index (χ0n) is 8.19. The number of para-hydroxylation sites is 1. The first kappa shape index (κ1) is 11.6. The molecule has 15 heavy (non-hydrogen) atoms. The highest BCUT2D eigenvalue weighted by atomic mass is 19.4. The van der Waals surface area contributed by atoms with Gasteiger partial charge in [0.15, 0.2) is 0 Å². The van der Waals surface area contributed by atoms with Gasteiger partial charge in [-0.25, -0.2) is 0 Å². The summed E-state index contributed by atoms with van der Waals surface area (Å²) in [5.74, 6) is -0.206. The van der Waals surface area contributed by atoms with E-state index < -0.39 is 6.36 Å². The molecule has 0 saturated heterocycles. The standard InChI is InChI=1S/C11H10F3O/c1-3-8-6-5-7-9(4-2)10(8)15-11(12,13)14/h5-7H,1,4H2,2H3. The first-order valence-electron chi connectivity index (χ1n) is 4.38. The van der Waals surface area contributed by atoms with Crippen LogP contribution in [0, 0.1) is 6.08 Å². The number of rotatable bonds is 3. The molecule has 0 heterocycles. The van der Waals surface area contributed by atoms with E-state index in [9.17, 15) is 13.2 Å². The molecular weight excluding hydrogens is 205 g/mol. The summed E-state index contributed by atoms with van der Waals surface area (Å²) in [6.45, 7) is 5.08. The monoisotopic (exact) mass is 215 g/mol. The van der Waals surface area contributed by atoms with Gasteiger partial charge in [-0.05, 0) is 18.1 Å². The maximum absolute atomic E-state index is 12.1. The minimum atomic E-state index is -4.68. The summed E-state index contributed by atoms with van der Waals surface area (Å²) >= 11 is 0. The summed E-state index contributed by atoms with van der Waals surface area (Å²) in [4.78, 5) is 0. The lowest BCUT2D eigenvalue weighted by molar-refractivity contribution is -0.275. The topological polar surface area (TPSA) is 9.23 Å². The van der Waals surface area contributed by atoms with Crippen molar-refractivity contribution in [1.82, 2.24) is 0 Å². The van der Waals surface area contributed by atoms with Crippen LogP contribution in [0.25, 0.3) is 0 Å². The lowest BCUT2D eigenvalue weighted by Crippen LogP contribution is -2.18. The van der Waals surface area contributed by atoms with Crippen LogP contribution in [0.15, 0.2) is 24.8 Å². The summed E-state index contributed by atoms with van der Waals surface area (Å²) in [6.07, 6.45) is -1.81. The van der Waals surface area contributed by atoms with E-state index in [1.807, 2.05) is 0 Å². The highest BCUT2D eigenvalue weighted by Crippen LogP contribution is 2.30. The Kier molecular flexibility index (Phi) is 3.39. The summed E-state index contributed by atoms with van der Waals surface area (Å²) in [5.41, 5.74) is 0.715. The fourth-order valence-electron chi connectivity index (χ4n) is 1.24. The largest absolute Gasteiger partial charge is 0.573 e. The maximum Gasteiger partial charge on any atom is 0.573 e. The molecule has 4 heteroatoms. The van der Waals surface area contributed by atoms with Crippen LogP contribution in [-0.2, 0) is 6.42 Å². The number of hydrogen-bond acceptors (Lipinski definition) is 1. The number of ether oxygens (including phenoxy) is 1. The molecule has 0 saturated carbocycles. The Bertz CT molecular complexity index is 355. The SMILES string of the molecule is C=[C]c1cccc(CC)c1OC(F)(F)F. The van der Waals surface area contributed by atoms with Gasteiger partial charge in [0.2, 0.25) is 0 Å². The van der Waals surface area contributed by atoms with Gasteiger partial charge in [0.1, 0.15) is 5.75 Å². The fraction of sp³-hybridized carbons (Fsp3) is 0.273. The van der Waals surface area contributed by atoms with E-state index in [-0.39, 0.29) is 11.3 Å². The molecule has 0 unspecified atom stereocenters. The molecule has 1 aromatic carbocycles. The van der Waals surface area contributed by atoms with E-state index in [1.54, 1.807) is 19.1 Å². The van der Waals surface area contributed by atoms with Crippen molar-refractivity contribution in [2.75, 3.05) is 0 Å². The Balaban J connectivity index is 3.16. The average molecular weight is 215 g/mol. The van der Waals surface area contributed by atoms with Gasteiger partial charge in [-0.2, -0.15) is 0 Å². The van der Waals surface area contributed by atoms with Crippen LogP contribution in [0.2, 0.25) is 0 Å². The van der Waals surface area contributed by atoms with Crippen LogP contribution in [0.4, 0.5) is 13.2 Å². The quantitative estimate of drug-likeness (QED) is 0.750. The minimum Gasteiger partial charge on any atom is -0.405 e. The van der Waals surface area contributed by atoms with Crippen molar-refractivity contribution < 1.29 is 17.9 Å². The molecule has 0 aliphatic carbocycles. The highest BCUT2D eigenvalue weighted by molar-refractivity contribution is 5.44. The second-order valence-corrected chi connectivity index (χ2v) is 2.87. The highest BCUT2D eigenvalue weighted by Gasteiger charge is 2.32. The summed E-state index contributed by atoms with van der Waals surface area (Å²) in [7, 11) is 0. The Morgan fingerprint density at radius 2 is 2.07 bits per heavy atom. The number of hydrogen-bond donors (Lipinski definition) is 0. The van der Waals surface area contributed by atoms with Gasteiger partial charge in [-0.15, -0.1) is 13.2 Å². The van der Waals surface area contributed by atoms with E-state index >= 15 is 0 Å². The van der Waals surface area contributed by atoms with Gasteiger partial charge < -0.3 is 4.74 Å². The van der Waals surface area contributed by atoms with E-state index in [1.165, 1.54) is 6.07 Å². The summed E-state index contributed by atoms with van der Waals surface area (Å²) in [6, 6.07) is 4.71. The molecule has 1 rings (SSSR count). The van der Waals surface area contributed by atoms with Crippen molar-refractivity contribution in [2.45, 2.75) is 19.7 Å². The first-order chi connectivity index (χ1) is 6.98. The zero-order valence-corrected chi connectivity index (χ0v) is 8.19. The van der Waals surface area contributed by atoms with Crippen molar-refractivity contribution >= 4 is 0 Å². The lowest BCUT2D eigenvalue weighted by atomic mass is 10.1. The minimum absolute atomic E-state index is 0.206. The smallest absolute Gasteiger partial charge is 0.405 e. The molecule has 0 aliphatic rings. The van der Waals surface area contributed by atoms with Gasteiger partial charge in [0.05, 0.1) is 0 Å². The van der Waals surface area contributed by atoms with E-state index in [0.29, 0.717) is 12.0 Å². The molecule has 0 fully saturated rings. The van der Waals surface area contributed by atoms with Crippen molar-refractivity contribution in [2.24, 2.45) is 0 Å². The molecule has 0 aromatic heterocycles. The molecule has 81 valence electrons. The van der Waals surface area contributed by atoms with Gasteiger partial charge >= 0.3 is 6.36 Å². The molecule has 0 spiro atoms. The predicted octanol–water partition coefficient (Wildman–Crippen LogP) is 3.48. The Labute approximate surface area is 86.2 Å². The molecule has 1 nitrogen and oxygen atoms in total. The first-order valence-corrected chi connectivity index (χ1v) is 4.38. The van der Waals surface area contributed by atoms with E-state index in [2.05, 4.69) is 17.4 Å². The molecule has 0 N–H and O–H groups in total. The van der Waals surface area contributed by atoms with Gasteiger partial charge in [0, 0.05) is 5.56 Å². The van der Waals surface area contributed by atoms with Crippen LogP contribution < -0.4 is 4.74 Å². The maximum atomic E-state index is 12.1. The number of benzene rings is 1. The van der Waals surface area contributed by atoms with Crippen LogP contribution in [-0.4, -0.2) is 6.36 Å². The zero-order chi connectivity index (χ0) is 11.5. The number of alkyl halides is 3. The normalized spacial score (nSPS) is 11.2. The molecule has 0 amide bonds. The molecule has 0 aliphatic heterocycles. The van der Waals surface area contributed by atoms with Crippen LogP contribution in [0.3, 0.4) is 0 Å². The van der Waals surface area contributed by atoms with E-state index in [0.717, 1.165) is 0 Å². The second kappa shape index (κ2) is 4.38. The van der Waals surface area contributed by atoms with Gasteiger partial charge in [0.25, 0.3) is 0 Å². The lowest BCUT2D eigenvalue weighted by Gasteiger charge is -2.14. The number of halogens is 3. The average Bonchev–Trinajstić information content (AvgIpc) is 2.16. The van der Waals surface area contributed by atoms with Crippen LogP contribution in [0.5, 0.6) is 5.75 Å². The summed E-state index contributed by atoms with van der Waals surface area (Å²) in [5, 5.41) is 0. The third-order valence-corrected chi connectivity index (χ3v) is 1.89. The Hall–Kier alpha value is -1.45. The molecule has 0 atom stereocenters. The predicted molar refractivity (Wildman–Crippen MR) is 50.5 cm³/mol. The van der Waals surface area contributed by atoms with Crippen molar-refractivity contribution in [3.63, 3.8) is 0 Å². The van der Waals surface area contributed by atoms with Crippen molar-refractivity contribution in [1.29, 1.82) is 0 Å². The fourth-order valence-corrected chi connectivity index (χ4v) is 1.24. The van der Waals surface area contributed by atoms with Crippen molar-refractivity contribution in [3.8, 4) is 5.75 Å². The van der Waals surface area contributed by atoms with E-state index in [4.69, 9.17) is 0 Å². The number of aryl methyl sites for hydroxylation is 1. The van der Waals surface area contributed by atoms with Gasteiger partial charge in [-0.3, -0.25) is 0 Å².